The number of amides is 2. The topological polar surface area (TPSA) is 64.4 Å². The van der Waals surface area contributed by atoms with Gasteiger partial charge in [-0.2, -0.15) is 5.26 Å². The molecule has 28 heavy (non-hydrogen) atoms. The monoisotopic (exact) mass is 377 g/mol. The molecule has 0 saturated carbocycles. The van der Waals surface area contributed by atoms with E-state index in [1.165, 1.54) is 41.1 Å². The standard InChI is InChI=1S/C22H20FN3O2/c1-22(13-15-8-5-4-6-9-15)21(28)25(2)19(20(27)26(22)3)12-16-10-7-11-18(23)17(16)14-24/h4-12H,13H2,1-3H3/b19-12-. The molecule has 5 nitrogen and oxygen atoms in total. The molecule has 1 atom stereocenters. The Morgan fingerprint density at radius 3 is 2.43 bits per heavy atom. The van der Waals surface area contributed by atoms with Crippen molar-refractivity contribution in [3.8, 4) is 6.07 Å². The molecule has 0 N–H and O–H groups in total. The van der Waals surface area contributed by atoms with Crippen molar-refractivity contribution in [1.82, 2.24) is 9.80 Å². The number of likely N-dealkylation sites (N-methyl/N-ethyl adjacent to an activating group) is 2. The summed E-state index contributed by atoms with van der Waals surface area (Å²) in [6, 6.07) is 15.5. The van der Waals surface area contributed by atoms with Crippen molar-refractivity contribution in [1.29, 1.82) is 5.26 Å². The molecular weight excluding hydrogens is 357 g/mol. The van der Waals surface area contributed by atoms with Crippen molar-refractivity contribution in [2.75, 3.05) is 14.1 Å². The first kappa shape index (κ1) is 19.3. The zero-order valence-corrected chi connectivity index (χ0v) is 15.9. The predicted octanol–water partition coefficient (Wildman–Crippen LogP) is 2.97. The molecule has 2 amide bonds. The molecule has 6 heteroatoms. The largest absolute Gasteiger partial charge is 0.326 e. The molecule has 1 aliphatic rings. The molecule has 3 rings (SSSR count). The van der Waals surface area contributed by atoms with Gasteiger partial charge in [0.05, 0.1) is 5.56 Å². The molecule has 1 aliphatic heterocycles. The Bertz CT molecular complexity index is 1010. The van der Waals surface area contributed by atoms with Gasteiger partial charge in [0.1, 0.15) is 23.1 Å². The van der Waals surface area contributed by atoms with E-state index in [9.17, 15) is 19.2 Å². The van der Waals surface area contributed by atoms with Crippen LogP contribution in [0.1, 0.15) is 23.6 Å². The molecule has 2 aromatic carbocycles. The van der Waals surface area contributed by atoms with E-state index in [0.717, 1.165) is 5.56 Å². The van der Waals surface area contributed by atoms with Crippen LogP contribution in [0.5, 0.6) is 0 Å². The van der Waals surface area contributed by atoms with Crippen molar-refractivity contribution >= 4 is 17.9 Å². The van der Waals surface area contributed by atoms with Crippen LogP contribution in [-0.4, -0.2) is 41.2 Å². The smallest absolute Gasteiger partial charge is 0.271 e. The van der Waals surface area contributed by atoms with E-state index >= 15 is 0 Å². The molecule has 0 aromatic heterocycles. The van der Waals surface area contributed by atoms with Crippen LogP contribution in [-0.2, 0) is 16.0 Å². The van der Waals surface area contributed by atoms with Gasteiger partial charge < -0.3 is 9.80 Å². The summed E-state index contributed by atoms with van der Waals surface area (Å²) >= 11 is 0. The van der Waals surface area contributed by atoms with Gasteiger partial charge in [-0.25, -0.2) is 4.39 Å². The van der Waals surface area contributed by atoms with Crippen LogP contribution in [0.15, 0.2) is 54.2 Å². The maximum Gasteiger partial charge on any atom is 0.271 e. The molecule has 1 saturated heterocycles. The van der Waals surface area contributed by atoms with E-state index in [1.54, 1.807) is 20.0 Å². The Labute approximate surface area is 163 Å². The summed E-state index contributed by atoms with van der Waals surface area (Å²) in [7, 11) is 3.11. The highest BCUT2D eigenvalue weighted by Gasteiger charge is 2.48. The van der Waals surface area contributed by atoms with E-state index in [2.05, 4.69) is 0 Å². The van der Waals surface area contributed by atoms with Crippen molar-refractivity contribution < 1.29 is 14.0 Å². The summed E-state index contributed by atoms with van der Waals surface area (Å²) in [5.41, 5.74) is 0.0789. The van der Waals surface area contributed by atoms with Gasteiger partial charge in [0, 0.05) is 20.5 Å². The first-order valence-corrected chi connectivity index (χ1v) is 8.80. The summed E-state index contributed by atoms with van der Waals surface area (Å²) < 4.78 is 13.9. The second kappa shape index (κ2) is 7.28. The number of halogens is 1. The number of carbonyl (C=O) groups excluding carboxylic acids is 2. The summed E-state index contributed by atoms with van der Waals surface area (Å²) in [6.07, 6.45) is 1.76. The Morgan fingerprint density at radius 2 is 1.79 bits per heavy atom. The molecule has 142 valence electrons. The third kappa shape index (κ3) is 3.16. The first-order chi connectivity index (χ1) is 13.3. The molecule has 0 aliphatic carbocycles. The van der Waals surface area contributed by atoms with Gasteiger partial charge >= 0.3 is 0 Å². The third-order valence-corrected chi connectivity index (χ3v) is 5.23. The fourth-order valence-electron chi connectivity index (χ4n) is 3.43. The van der Waals surface area contributed by atoms with Gasteiger partial charge in [0.25, 0.3) is 11.8 Å². The lowest BCUT2D eigenvalue weighted by Gasteiger charge is -2.45. The van der Waals surface area contributed by atoms with Crippen LogP contribution in [0, 0.1) is 17.1 Å². The van der Waals surface area contributed by atoms with Gasteiger partial charge in [-0.3, -0.25) is 9.59 Å². The summed E-state index contributed by atoms with van der Waals surface area (Å²) in [6.45, 7) is 1.73. The van der Waals surface area contributed by atoms with Crippen LogP contribution in [0.3, 0.4) is 0 Å². The Kier molecular flexibility index (Phi) is 5.02. The lowest BCUT2D eigenvalue weighted by Crippen LogP contribution is -2.64. The summed E-state index contributed by atoms with van der Waals surface area (Å²) in [5, 5.41) is 9.22. The summed E-state index contributed by atoms with van der Waals surface area (Å²) in [5.74, 6) is -1.29. The van der Waals surface area contributed by atoms with Crippen molar-refractivity contribution in [2.24, 2.45) is 0 Å². The van der Waals surface area contributed by atoms with Crippen LogP contribution in [0.25, 0.3) is 6.08 Å². The Morgan fingerprint density at radius 1 is 1.11 bits per heavy atom. The predicted molar refractivity (Wildman–Crippen MR) is 103 cm³/mol. The average Bonchev–Trinajstić information content (AvgIpc) is 2.69. The average molecular weight is 377 g/mol. The van der Waals surface area contributed by atoms with E-state index in [1.807, 2.05) is 30.3 Å². The lowest BCUT2D eigenvalue weighted by molar-refractivity contribution is -0.155. The van der Waals surface area contributed by atoms with Crippen LogP contribution >= 0.6 is 0 Å². The van der Waals surface area contributed by atoms with E-state index in [0.29, 0.717) is 6.42 Å². The molecule has 1 heterocycles. The highest BCUT2D eigenvalue weighted by Crippen LogP contribution is 2.31. The van der Waals surface area contributed by atoms with Crippen LogP contribution < -0.4 is 0 Å². The number of rotatable bonds is 3. The summed E-state index contributed by atoms with van der Waals surface area (Å²) in [4.78, 5) is 28.9. The van der Waals surface area contributed by atoms with E-state index < -0.39 is 11.4 Å². The molecular formula is C22H20FN3O2. The number of hydrogen-bond donors (Lipinski definition) is 0. The third-order valence-electron chi connectivity index (χ3n) is 5.23. The fourth-order valence-corrected chi connectivity index (χ4v) is 3.43. The van der Waals surface area contributed by atoms with Crippen LogP contribution in [0.4, 0.5) is 4.39 Å². The molecule has 0 bridgehead atoms. The van der Waals surface area contributed by atoms with Gasteiger partial charge in [0.2, 0.25) is 0 Å². The SMILES string of the molecule is CN1C(=O)C(C)(Cc2ccccc2)N(C)C(=O)/C1=C/c1cccc(F)c1C#N. The minimum absolute atomic E-state index is 0.0973. The maximum absolute atomic E-state index is 13.9. The normalized spacial score (nSPS) is 21.2. The van der Waals surface area contributed by atoms with Crippen molar-refractivity contribution in [3.05, 3.63) is 76.7 Å². The van der Waals surface area contributed by atoms with Gasteiger partial charge in [-0.15, -0.1) is 0 Å². The number of piperazine rings is 1. The molecule has 0 radical (unpaired) electrons. The van der Waals surface area contributed by atoms with Gasteiger partial charge in [0.15, 0.2) is 0 Å². The van der Waals surface area contributed by atoms with Gasteiger partial charge in [-0.05, 0) is 30.2 Å². The zero-order chi connectivity index (χ0) is 20.5. The fraction of sp³-hybridized carbons (Fsp3) is 0.227. The molecule has 1 fully saturated rings. The van der Waals surface area contributed by atoms with Gasteiger partial charge in [-0.1, -0.05) is 42.5 Å². The molecule has 2 aromatic rings. The molecule has 0 spiro atoms. The Hall–Kier alpha value is -3.46. The number of hydrogen-bond acceptors (Lipinski definition) is 3. The van der Waals surface area contributed by atoms with Crippen LogP contribution in [0.2, 0.25) is 0 Å². The van der Waals surface area contributed by atoms with E-state index in [4.69, 9.17) is 0 Å². The lowest BCUT2D eigenvalue weighted by atomic mass is 9.87. The minimum atomic E-state index is -1.05. The Balaban J connectivity index is 2.02. The number of nitriles is 1. The number of nitrogens with zero attached hydrogens (tertiary/aromatic N) is 3. The second-order valence-electron chi connectivity index (χ2n) is 7.01. The number of carbonyl (C=O) groups is 2. The quantitative estimate of drug-likeness (QED) is 0.773. The molecule has 1 unspecified atom stereocenters. The number of benzene rings is 2. The second-order valence-corrected chi connectivity index (χ2v) is 7.01. The first-order valence-electron chi connectivity index (χ1n) is 8.80. The van der Waals surface area contributed by atoms with Crippen molar-refractivity contribution in [3.63, 3.8) is 0 Å². The van der Waals surface area contributed by atoms with E-state index in [-0.39, 0.29) is 28.6 Å². The maximum atomic E-state index is 13.9. The highest BCUT2D eigenvalue weighted by molar-refractivity contribution is 6.08. The minimum Gasteiger partial charge on any atom is -0.326 e. The highest BCUT2D eigenvalue weighted by atomic mass is 19.1. The zero-order valence-electron chi connectivity index (χ0n) is 15.9. The van der Waals surface area contributed by atoms with Crippen molar-refractivity contribution in [2.45, 2.75) is 18.9 Å².